The van der Waals surface area contributed by atoms with Crippen molar-refractivity contribution in [1.82, 2.24) is 10.2 Å². The van der Waals surface area contributed by atoms with Gasteiger partial charge in [-0.05, 0) is 55.3 Å². The Balaban J connectivity index is 2.03. The van der Waals surface area contributed by atoms with Gasteiger partial charge < -0.3 is 10.2 Å². The summed E-state index contributed by atoms with van der Waals surface area (Å²) in [5, 5.41) is 2.80. The molecule has 1 atom stereocenters. The summed E-state index contributed by atoms with van der Waals surface area (Å²) < 4.78 is 29.2. The van der Waals surface area contributed by atoms with Crippen LogP contribution in [0.25, 0.3) is 0 Å². The second-order valence-corrected chi connectivity index (χ2v) is 10.9. The summed E-state index contributed by atoms with van der Waals surface area (Å²) >= 11 is 3.37. The molecule has 2 amide bonds. The molecule has 0 aromatic heterocycles. The van der Waals surface area contributed by atoms with E-state index in [0.29, 0.717) is 18.7 Å². The van der Waals surface area contributed by atoms with Crippen LogP contribution in [-0.4, -0.2) is 44.3 Å². The molecule has 0 aliphatic carbocycles. The summed E-state index contributed by atoms with van der Waals surface area (Å²) in [4.78, 5) is 28.2. The Morgan fingerprint density at radius 2 is 1.47 bits per heavy atom. The third-order valence-electron chi connectivity index (χ3n) is 5.66. The molecular weight excluding hydrogens is 542 g/mol. The zero-order chi connectivity index (χ0) is 26.1. The number of carbonyl (C=O) groups excluding carboxylic acids is 2. The summed E-state index contributed by atoms with van der Waals surface area (Å²) in [6.45, 7) is 3.79. The number of nitrogens with one attached hydrogen (secondary N) is 1. The molecule has 0 aliphatic rings. The van der Waals surface area contributed by atoms with Gasteiger partial charge in [0.15, 0.2) is 0 Å². The molecule has 0 heterocycles. The van der Waals surface area contributed by atoms with Crippen molar-refractivity contribution in [3.05, 3.63) is 95.0 Å². The largest absolute Gasteiger partial charge is 0.355 e. The van der Waals surface area contributed by atoms with Crippen LogP contribution in [0, 0.1) is 0 Å². The second kappa shape index (κ2) is 12.7. The highest BCUT2D eigenvalue weighted by Crippen LogP contribution is 2.26. The van der Waals surface area contributed by atoms with Crippen LogP contribution in [0.3, 0.4) is 0 Å². The van der Waals surface area contributed by atoms with Gasteiger partial charge >= 0.3 is 0 Å². The first-order valence-electron chi connectivity index (χ1n) is 11.7. The lowest BCUT2D eigenvalue weighted by molar-refractivity contribution is -0.140. The fraction of sp³-hybridized carbons (Fsp3) is 0.259. The fourth-order valence-electron chi connectivity index (χ4n) is 3.85. The molecule has 3 aromatic rings. The van der Waals surface area contributed by atoms with Crippen molar-refractivity contribution in [3.8, 4) is 0 Å². The van der Waals surface area contributed by atoms with E-state index in [1.54, 1.807) is 42.5 Å². The highest BCUT2D eigenvalue weighted by atomic mass is 79.9. The van der Waals surface area contributed by atoms with Crippen molar-refractivity contribution in [2.24, 2.45) is 0 Å². The zero-order valence-electron chi connectivity index (χ0n) is 20.3. The molecule has 0 saturated carbocycles. The van der Waals surface area contributed by atoms with E-state index in [1.165, 1.54) is 17.0 Å². The Morgan fingerprint density at radius 3 is 2.03 bits per heavy atom. The molecule has 36 heavy (non-hydrogen) atoms. The number of likely N-dealkylation sites (N-methyl/N-ethyl adjacent to an activating group) is 1. The topological polar surface area (TPSA) is 86.8 Å². The highest BCUT2D eigenvalue weighted by Gasteiger charge is 2.33. The average molecular weight is 573 g/mol. The van der Waals surface area contributed by atoms with Crippen molar-refractivity contribution in [2.45, 2.75) is 37.8 Å². The van der Waals surface area contributed by atoms with Crippen LogP contribution in [-0.2, 0) is 26.2 Å². The van der Waals surface area contributed by atoms with Crippen molar-refractivity contribution in [1.29, 1.82) is 0 Å². The first kappa shape index (κ1) is 27.4. The number of rotatable bonds is 11. The van der Waals surface area contributed by atoms with Crippen LogP contribution >= 0.6 is 15.9 Å². The van der Waals surface area contributed by atoms with E-state index < -0.39 is 28.5 Å². The number of benzene rings is 3. The van der Waals surface area contributed by atoms with Gasteiger partial charge in [0.2, 0.25) is 11.8 Å². The smallest absolute Gasteiger partial charge is 0.264 e. The number of hydrogen-bond donors (Lipinski definition) is 1. The van der Waals surface area contributed by atoms with Gasteiger partial charge in [0, 0.05) is 17.6 Å². The molecule has 1 N–H and O–H groups in total. The van der Waals surface area contributed by atoms with Crippen molar-refractivity contribution >= 4 is 43.5 Å². The monoisotopic (exact) mass is 571 g/mol. The number of sulfonamides is 1. The Bertz CT molecular complexity index is 1250. The fourth-order valence-corrected chi connectivity index (χ4v) is 5.55. The highest BCUT2D eigenvalue weighted by molar-refractivity contribution is 9.10. The van der Waals surface area contributed by atoms with Crippen LogP contribution in [0.2, 0.25) is 0 Å². The third kappa shape index (κ3) is 6.73. The first-order valence-corrected chi connectivity index (χ1v) is 14.0. The maximum absolute atomic E-state index is 13.8. The molecule has 9 heteroatoms. The van der Waals surface area contributed by atoms with Crippen molar-refractivity contribution in [3.63, 3.8) is 0 Å². The minimum atomic E-state index is -4.06. The van der Waals surface area contributed by atoms with E-state index in [4.69, 9.17) is 0 Å². The Hall–Kier alpha value is -3.17. The predicted octanol–water partition coefficient (Wildman–Crippen LogP) is 4.59. The Morgan fingerprint density at radius 1 is 0.889 bits per heavy atom. The molecular formula is C27H30BrN3O4S. The SMILES string of the molecule is CCNC(=O)C(CC)N(Cc1ccccc1)C(=O)CN(c1ccc(Br)cc1)S(=O)(=O)c1ccccc1. The van der Waals surface area contributed by atoms with E-state index in [9.17, 15) is 18.0 Å². The number of anilines is 1. The van der Waals surface area contributed by atoms with Gasteiger partial charge in [-0.15, -0.1) is 0 Å². The zero-order valence-corrected chi connectivity index (χ0v) is 22.7. The van der Waals surface area contributed by atoms with Crippen molar-refractivity contribution in [2.75, 3.05) is 17.4 Å². The molecule has 190 valence electrons. The molecule has 7 nitrogen and oxygen atoms in total. The Kier molecular flexibility index (Phi) is 9.66. The lowest BCUT2D eigenvalue weighted by Crippen LogP contribution is -2.52. The Labute approximate surface area is 221 Å². The van der Waals surface area contributed by atoms with Crippen LogP contribution in [0.5, 0.6) is 0 Å². The number of hydrogen-bond acceptors (Lipinski definition) is 4. The summed E-state index contributed by atoms with van der Waals surface area (Å²) in [5.41, 5.74) is 1.19. The van der Waals surface area contributed by atoms with Crippen molar-refractivity contribution < 1.29 is 18.0 Å². The molecule has 0 bridgehead atoms. The molecule has 0 radical (unpaired) electrons. The van der Waals surface area contributed by atoms with Gasteiger partial charge in [0.1, 0.15) is 12.6 Å². The molecule has 3 aromatic carbocycles. The summed E-state index contributed by atoms with van der Waals surface area (Å²) in [5.74, 6) is -0.746. The quantitative estimate of drug-likeness (QED) is 0.364. The van der Waals surface area contributed by atoms with Gasteiger partial charge in [-0.3, -0.25) is 13.9 Å². The number of carbonyl (C=O) groups is 2. The molecule has 0 spiro atoms. The lowest BCUT2D eigenvalue weighted by atomic mass is 10.1. The minimum Gasteiger partial charge on any atom is -0.355 e. The van der Waals surface area contributed by atoms with E-state index in [2.05, 4.69) is 21.2 Å². The van der Waals surface area contributed by atoms with Gasteiger partial charge in [0.25, 0.3) is 10.0 Å². The summed E-state index contributed by atoms with van der Waals surface area (Å²) in [6, 6.07) is 23.3. The van der Waals surface area contributed by atoms with Gasteiger partial charge in [-0.1, -0.05) is 71.4 Å². The van der Waals surface area contributed by atoms with Crippen LogP contribution in [0.15, 0.2) is 94.3 Å². The van der Waals surface area contributed by atoms with Gasteiger partial charge in [0.05, 0.1) is 10.6 Å². The number of nitrogens with zero attached hydrogens (tertiary/aromatic N) is 2. The molecule has 0 saturated heterocycles. The maximum atomic E-state index is 13.8. The molecule has 0 aliphatic heterocycles. The van der Waals surface area contributed by atoms with Gasteiger partial charge in [-0.2, -0.15) is 0 Å². The first-order chi connectivity index (χ1) is 17.3. The lowest BCUT2D eigenvalue weighted by Gasteiger charge is -2.33. The van der Waals surface area contributed by atoms with Crippen LogP contribution in [0.1, 0.15) is 25.8 Å². The van der Waals surface area contributed by atoms with E-state index >= 15 is 0 Å². The van der Waals surface area contributed by atoms with E-state index in [-0.39, 0.29) is 17.3 Å². The number of amides is 2. The maximum Gasteiger partial charge on any atom is 0.264 e. The summed E-state index contributed by atoms with van der Waals surface area (Å²) in [7, 11) is -4.06. The minimum absolute atomic E-state index is 0.0751. The number of halogens is 1. The molecule has 0 fully saturated rings. The standard InChI is InChI=1S/C27H30BrN3O4S/c1-3-25(27(33)29-4-2)30(19-21-11-7-5-8-12-21)26(32)20-31(23-17-15-22(28)16-18-23)36(34,35)24-13-9-6-10-14-24/h5-18,25H,3-4,19-20H2,1-2H3,(H,29,33). The second-order valence-electron chi connectivity index (χ2n) is 8.13. The van der Waals surface area contributed by atoms with Crippen LogP contribution < -0.4 is 9.62 Å². The predicted molar refractivity (Wildman–Crippen MR) is 145 cm³/mol. The van der Waals surface area contributed by atoms with Crippen LogP contribution in [0.4, 0.5) is 5.69 Å². The average Bonchev–Trinajstić information content (AvgIpc) is 2.89. The third-order valence-corrected chi connectivity index (χ3v) is 7.97. The summed E-state index contributed by atoms with van der Waals surface area (Å²) in [6.07, 6.45) is 0.383. The molecule has 1 unspecified atom stereocenters. The van der Waals surface area contributed by atoms with E-state index in [0.717, 1.165) is 14.3 Å². The normalized spacial score (nSPS) is 12.0. The van der Waals surface area contributed by atoms with Gasteiger partial charge in [-0.25, -0.2) is 8.42 Å². The van der Waals surface area contributed by atoms with E-state index in [1.807, 2.05) is 44.2 Å². The molecule has 3 rings (SSSR count).